The summed E-state index contributed by atoms with van der Waals surface area (Å²) in [5.41, 5.74) is 2.19. The zero-order chi connectivity index (χ0) is 15.1. The number of hydrogen-bond acceptors (Lipinski definition) is 4. The molecular weight excluding hydrogens is 282 g/mol. The molecule has 110 valence electrons. The Morgan fingerprint density at radius 1 is 1.24 bits per heavy atom. The third-order valence-corrected chi connectivity index (χ3v) is 4.00. The molecule has 0 spiro atoms. The van der Waals surface area contributed by atoms with E-state index in [1.807, 2.05) is 30.3 Å². The molecule has 0 amide bonds. The first-order chi connectivity index (χ1) is 10.2. The van der Waals surface area contributed by atoms with E-state index in [4.69, 9.17) is 9.84 Å². The first-order valence-electron chi connectivity index (χ1n) is 6.76. The van der Waals surface area contributed by atoms with Crippen LogP contribution in [0.4, 0.5) is 5.69 Å². The normalized spacial score (nSPS) is 9.86. The SMILES string of the molecule is COc1ccc(N(C)Cc2sccc2C#CCCO)cc1. The van der Waals surface area contributed by atoms with Crippen LogP contribution in [0.5, 0.6) is 5.75 Å². The molecule has 21 heavy (non-hydrogen) atoms. The summed E-state index contributed by atoms with van der Waals surface area (Å²) in [6.45, 7) is 0.922. The Labute approximate surface area is 129 Å². The Bertz CT molecular complexity index is 622. The van der Waals surface area contributed by atoms with Crippen LogP contribution in [0, 0.1) is 11.8 Å². The van der Waals surface area contributed by atoms with Gasteiger partial charge in [-0.15, -0.1) is 11.3 Å². The van der Waals surface area contributed by atoms with Crippen LogP contribution in [0.3, 0.4) is 0 Å². The minimum atomic E-state index is 0.109. The topological polar surface area (TPSA) is 32.7 Å². The summed E-state index contributed by atoms with van der Waals surface area (Å²) in [4.78, 5) is 3.42. The van der Waals surface area contributed by atoms with E-state index in [1.165, 1.54) is 4.88 Å². The highest BCUT2D eigenvalue weighted by molar-refractivity contribution is 7.10. The molecule has 0 atom stereocenters. The van der Waals surface area contributed by atoms with Gasteiger partial charge in [0.05, 0.1) is 20.3 Å². The Morgan fingerprint density at radius 3 is 2.67 bits per heavy atom. The van der Waals surface area contributed by atoms with Crippen molar-refractivity contribution in [2.24, 2.45) is 0 Å². The molecule has 0 saturated carbocycles. The molecule has 0 unspecified atom stereocenters. The fraction of sp³-hybridized carbons (Fsp3) is 0.294. The fourth-order valence-corrected chi connectivity index (χ4v) is 2.81. The zero-order valence-corrected chi connectivity index (χ0v) is 13.1. The maximum Gasteiger partial charge on any atom is 0.119 e. The number of rotatable bonds is 5. The number of ether oxygens (including phenoxy) is 1. The molecule has 0 aliphatic heterocycles. The molecule has 2 aromatic rings. The average molecular weight is 301 g/mol. The molecular formula is C17H19NO2S. The van der Waals surface area contributed by atoms with Crippen molar-refractivity contribution < 1.29 is 9.84 Å². The van der Waals surface area contributed by atoms with Crippen molar-refractivity contribution >= 4 is 17.0 Å². The van der Waals surface area contributed by atoms with Crippen LogP contribution < -0.4 is 9.64 Å². The Balaban J connectivity index is 2.07. The molecule has 1 heterocycles. The number of methoxy groups -OCH3 is 1. The van der Waals surface area contributed by atoms with Crippen LogP contribution in [-0.4, -0.2) is 25.9 Å². The number of thiophene rings is 1. The summed E-state index contributed by atoms with van der Waals surface area (Å²) in [6, 6.07) is 10.0. The van der Waals surface area contributed by atoms with Crippen molar-refractivity contribution in [3.05, 3.63) is 46.2 Å². The summed E-state index contributed by atoms with van der Waals surface area (Å²) < 4.78 is 5.17. The van der Waals surface area contributed by atoms with Gasteiger partial charge in [-0.05, 0) is 35.7 Å². The molecule has 0 radical (unpaired) electrons. The number of aliphatic hydroxyl groups excluding tert-OH is 1. The maximum atomic E-state index is 8.78. The molecule has 3 nitrogen and oxygen atoms in total. The van der Waals surface area contributed by atoms with E-state index < -0.39 is 0 Å². The zero-order valence-electron chi connectivity index (χ0n) is 12.3. The summed E-state index contributed by atoms with van der Waals surface area (Å²) in [5.74, 6) is 6.96. The smallest absolute Gasteiger partial charge is 0.119 e. The standard InChI is InChI=1S/C17H19NO2S/c1-18(15-6-8-16(20-2)9-7-15)13-17-14(10-12-21-17)5-3-4-11-19/h6-10,12,19H,4,11,13H2,1-2H3. The van der Waals surface area contributed by atoms with E-state index in [2.05, 4.69) is 29.2 Å². The van der Waals surface area contributed by atoms with Gasteiger partial charge in [0.1, 0.15) is 5.75 Å². The number of hydrogen-bond donors (Lipinski definition) is 1. The molecule has 0 fully saturated rings. The van der Waals surface area contributed by atoms with Crippen molar-refractivity contribution in [2.45, 2.75) is 13.0 Å². The van der Waals surface area contributed by atoms with Gasteiger partial charge in [-0.2, -0.15) is 0 Å². The van der Waals surface area contributed by atoms with Gasteiger partial charge in [-0.3, -0.25) is 0 Å². The maximum absolute atomic E-state index is 8.78. The van der Waals surface area contributed by atoms with E-state index >= 15 is 0 Å². The van der Waals surface area contributed by atoms with Crippen LogP contribution >= 0.6 is 11.3 Å². The molecule has 0 aliphatic rings. The fourth-order valence-electron chi connectivity index (χ4n) is 1.93. The van der Waals surface area contributed by atoms with E-state index in [9.17, 15) is 0 Å². The van der Waals surface area contributed by atoms with E-state index in [-0.39, 0.29) is 6.61 Å². The molecule has 0 bridgehead atoms. The summed E-state index contributed by atoms with van der Waals surface area (Å²) >= 11 is 1.71. The number of nitrogens with zero attached hydrogens (tertiary/aromatic N) is 1. The van der Waals surface area contributed by atoms with Gasteiger partial charge in [0.2, 0.25) is 0 Å². The Hall–Kier alpha value is -1.96. The summed E-state index contributed by atoms with van der Waals surface area (Å²) in [6.07, 6.45) is 0.517. The lowest BCUT2D eigenvalue weighted by atomic mass is 10.2. The van der Waals surface area contributed by atoms with Gasteiger partial charge in [-0.1, -0.05) is 11.8 Å². The quantitative estimate of drug-likeness (QED) is 0.861. The monoisotopic (exact) mass is 301 g/mol. The Kier molecular flexibility index (Phi) is 5.68. The third kappa shape index (κ3) is 4.25. The summed E-state index contributed by atoms with van der Waals surface area (Å²) in [5, 5.41) is 10.8. The number of anilines is 1. The van der Waals surface area contributed by atoms with Crippen LogP contribution in [0.2, 0.25) is 0 Å². The molecule has 1 aromatic carbocycles. The number of aliphatic hydroxyl groups is 1. The van der Waals surface area contributed by atoms with Crippen LogP contribution in [0.1, 0.15) is 16.9 Å². The molecule has 2 rings (SSSR count). The minimum absolute atomic E-state index is 0.109. The van der Waals surface area contributed by atoms with Crippen LogP contribution in [0.25, 0.3) is 0 Å². The van der Waals surface area contributed by atoms with E-state index in [1.54, 1.807) is 18.4 Å². The molecule has 1 N–H and O–H groups in total. The van der Waals surface area contributed by atoms with Gasteiger partial charge < -0.3 is 14.7 Å². The first kappa shape index (κ1) is 15.4. The van der Waals surface area contributed by atoms with Gasteiger partial charge in [0.25, 0.3) is 0 Å². The highest BCUT2D eigenvalue weighted by atomic mass is 32.1. The third-order valence-electron chi connectivity index (χ3n) is 3.10. The van der Waals surface area contributed by atoms with Gasteiger partial charge in [0, 0.05) is 29.6 Å². The molecule has 4 heteroatoms. The van der Waals surface area contributed by atoms with Crippen molar-refractivity contribution in [3.8, 4) is 17.6 Å². The van der Waals surface area contributed by atoms with E-state index in [0.717, 1.165) is 23.5 Å². The van der Waals surface area contributed by atoms with Crippen molar-refractivity contribution in [2.75, 3.05) is 25.7 Å². The van der Waals surface area contributed by atoms with Crippen LogP contribution in [-0.2, 0) is 6.54 Å². The number of benzene rings is 1. The van der Waals surface area contributed by atoms with E-state index in [0.29, 0.717) is 6.42 Å². The molecule has 0 aliphatic carbocycles. The molecule has 1 aromatic heterocycles. The van der Waals surface area contributed by atoms with Gasteiger partial charge >= 0.3 is 0 Å². The summed E-state index contributed by atoms with van der Waals surface area (Å²) in [7, 11) is 3.73. The molecule has 0 saturated heterocycles. The first-order valence-corrected chi connectivity index (χ1v) is 7.64. The second-order valence-electron chi connectivity index (χ2n) is 4.59. The minimum Gasteiger partial charge on any atom is -0.497 e. The predicted molar refractivity (Wildman–Crippen MR) is 88.0 cm³/mol. The highest BCUT2D eigenvalue weighted by Crippen LogP contribution is 2.23. The van der Waals surface area contributed by atoms with Gasteiger partial charge in [0.15, 0.2) is 0 Å². The predicted octanol–water partition coefficient (Wildman–Crippen LogP) is 3.13. The highest BCUT2D eigenvalue weighted by Gasteiger charge is 2.07. The largest absolute Gasteiger partial charge is 0.497 e. The van der Waals surface area contributed by atoms with Crippen molar-refractivity contribution in [1.82, 2.24) is 0 Å². The Morgan fingerprint density at radius 2 is 2.00 bits per heavy atom. The van der Waals surface area contributed by atoms with Crippen LogP contribution in [0.15, 0.2) is 35.7 Å². The second kappa shape index (κ2) is 7.72. The average Bonchev–Trinajstić information content (AvgIpc) is 2.95. The van der Waals surface area contributed by atoms with Crippen molar-refractivity contribution in [1.29, 1.82) is 0 Å². The van der Waals surface area contributed by atoms with Gasteiger partial charge in [-0.25, -0.2) is 0 Å². The van der Waals surface area contributed by atoms with Crippen molar-refractivity contribution in [3.63, 3.8) is 0 Å². The lowest BCUT2D eigenvalue weighted by Gasteiger charge is -2.19. The lowest BCUT2D eigenvalue weighted by Crippen LogP contribution is -2.15. The lowest BCUT2D eigenvalue weighted by molar-refractivity contribution is 0.305. The second-order valence-corrected chi connectivity index (χ2v) is 5.59.